The van der Waals surface area contributed by atoms with E-state index in [2.05, 4.69) is 52.1 Å². The van der Waals surface area contributed by atoms with Crippen LogP contribution in [0.2, 0.25) is 0 Å². The third-order valence-corrected chi connectivity index (χ3v) is 5.09. The van der Waals surface area contributed by atoms with Gasteiger partial charge in [0.05, 0.1) is 25.0 Å². The average molecular weight is 392 g/mol. The smallest absolute Gasteiger partial charge is 0.274 e. The van der Waals surface area contributed by atoms with E-state index in [0.717, 1.165) is 5.69 Å². The Bertz CT molecular complexity index is 1010. The Labute approximate surface area is 172 Å². The Morgan fingerprint density at radius 1 is 1.07 bits per heavy atom. The minimum atomic E-state index is -0.205. The van der Waals surface area contributed by atoms with E-state index >= 15 is 0 Å². The van der Waals surface area contributed by atoms with Crippen molar-refractivity contribution in [1.29, 1.82) is 0 Å². The summed E-state index contributed by atoms with van der Waals surface area (Å²) < 4.78 is 7.17. The van der Waals surface area contributed by atoms with Gasteiger partial charge in [-0.2, -0.15) is 5.10 Å². The number of methoxy groups -OCH3 is 1. The summed E-state index contributed by atoms with van der Waals surface area (Å²) >= 11 is 0. The van der Waals surface area contributed by atoms with Gasteiger partial charge < -0.3 is 10.1 Å². The molecule has 1 heterocycles. The van der Waals surface area contributed by atoms with Crippen LogP contribution in [0, 0.1) is 13.8 Å². The zero-order chi connectivity index (χ0) is 21.2. The van der Waals surface area contributed by atoms with Gasteiger partial charge in [0.15, 0.2) is 0 Å². The first kappa shape index (κ1) is 20.6. The van der Waals surface area contributed by atoms with Crippen molar-refractivity contribution in [2.45, 2.75) is 46.6 Å². The first-order chi connectivity index (χ1) is 13.7. The number of anilines is 1. The number of aromatic nitrogens is 2. The fraction of sp³-hybridized carbons (Fsp3) is 0.333. The fourth-order valence-corrected chi connectivity index (χ4v) is 3.27. The largest absolute Gasteiger partial charge is 0.495 e. The number of para-hydroxylation sites is 2. The maximum Gasteiger partial charge on any atom is 0.274 e. The van der Waals surface area contributed by atoms with Crippen molar-refractivity contribution in [3.05, 3.63) is 76.6 Å². The zero-order valence-corrected chi connectivity index (χ0v) is 18.0. The highest BCUT2D eigenvalue weighted by atomic mass is 16.5. The van der Waals surface area contributed by atoms with Gasteiger partial charge in [-0.3, -0.25) is 9.48 Å². The normalized spacial score (nSPS) is 11.4. The van der Waals surface area contributed by atoms with Crippen LogP contribution in [-0.4, -0.2) is 22.8 Å². The van der Waals surface area contributed by atoms with Gasteiger partial charge >= 0.3 is 0 Å². The molecule has 0 aliphatic carbocycles. The molecule has 2 aromatic carbocycles. The molecule has 152 valence electrons. The summed E-state index contributed by atoms with van der Waals surface area (Å²) in [5.74, 6) is 0.418. The van der Waals surface area contributed by atoms with Crippen LogP contribution in [-0.2, 0) is 12.0 Å². The number of hydrogen-bond acceptors (Lipinski definition) is 3. The zero-order valence-electron chi connectivity index (χ0n) is 18.0. The lowest BCUT2D eigenvalue weighted by Crippen LogP contribution is -2.19. The van der Waals surface area contributed by atoms with Gasteiger partial charge in [-0.25, -0.2) is 0 Å². The predicted molar refractivity (Wildman–Crippen MR) is 117 cm³/mol. The third-order valence-electron chi connectivity index (χ3n) is 5.09. The highest BCUT2D eigenvalue weighted by Gasteiger charge is 2.24. The Morgan fingerprint density at radius 3 is 2.34 bits per heavy atom. The minimum Gasteiger partial charge on any atom is -0.495 e. The summed E-state index contributed by atoms with van der Waals surface area (Å²) in [5, 5.41) is 7.76. The molecule has 5 heteroatoms. The molecular formula is C24H29N3O2. The lowest BCUT2D eigenvalue weighted by Gasteiger charge is -2.15. The molecule has 0 bridgehead atoms. The van der Waals surface area contributed by atoms with E-state index in [0.29, 0.717) is 23.7 Å². The van der Waals surface area contributed by atoms with Crippen LogP contribution in [0.5, 0.6) is 5.75 Å². The standard InChI is InChI=1S/C24H29N3O2/c1-16-10-9-11-17(2)18(16)15-27-20(14-22(26-27)24(3,4)5)23(28)25-19-12-7-8-13-21(19)29-6/h7-14H,15H2,1-6H3,(H,25,28). The average Bonchev–Trinajstić information content (AvgIpc) is 3.10. The molecule has 0 spiro atoms. The molecule has 0 saturated heterocycles. The van der Waals surface area contributed by atoms with Crippen molar-refractivity contribution in [2.75, 3.05) is 12.4 Å². The molecule has 0 atom stereocenters. The van der Waals surface area contributed by atoms with Crippen LogP contribution in [0.25, 0.3) is 0 Å². The summed E-state index contributed by atoms with van der Waals surface area (Å²) in [5.41, 5.74) is 5.45. The van der Waals surface area contributed by atoms with Crippen molar-refractivity contribution in [3.63, 3.8) is 0 Å². The molecule has 0 unspecified atom stereocenters. The number of nitrogens with zero attached hydrogens (tertiary/aromatic N) is 2. The second-order valence-electron chi connectivity index (χ2n) is 8.35. The maximum absolute atomic E-state index is 13.2. The number of rotatable bonds is 5. The van der Waals surface area contributed by atoms with Crippen LogP contribution in [0.4, 0.5) is 5.69 Å². The van der Waals surface area contributed by atoms with Crippen molar-refractivity contribution >= 4 is 11.6 Å². The summed E-state index contributed by atoms with van der Waals surface area (Å²) in [6, 6.07) is 15.5. The molecular weight excluding hydrogens is 362 g/mol. The third kappa shape index (κ3) is 4.50. The van der Waals surface area contributed by atoms with E-state index in [-0.39, 0.29) is 11.3 Å². The molecule has 3 aromatic rings. The van der Waals surface area contributed by atoms with E-state index in [9.17, 15) is 4.79 Å². The first-order valence-electron chi connectivity index (χ1n) is 9.78. The summed E-state index contributed by atoms with van der Waals surface area (Å²) in [6.07, 6.45) is 0. The molecule has 1 N–H and O–H groups in total. The second-order valence-corrected chi connectivity index (χ2v) is 8.35. The second kappa shape index (κ2) is 8.11. The molecule has 3 rings (SSSR count). The van der Waals surface area contributed by atoms with E-state index in [1.807, 2.05) is 36.4 Å². The van der Waals surface area contributed by atoms with E-state index < -0.39 is 0 Å². The lowest BCUT2D eigenvalue weighted by atomic mass is 9.92. The number of nitrogens with one attached hydrogen (secondary N) is 1. The number of amides is 1. The molecule has 0 aliphatic rings. The number of carbonyl (C=O) groups is 1. The van der Waals surface area contributed by atoms with Crippen LogP contribution in [0.15, 0.2) is 48.5 Å². The summed E-state index contributed by atoms with van der Waals surface area (Å²) in [4.78, 5) is 13.2. The molecule has 1 aromatic heterocycles. The molecule has 1 amide bonds. The molecule has 0 fully saturated rings. The number of ether oxygens (including phenoxy) is 1. The van der Waals surface area contributed by atoms with Crippen molar-refractivity contribution < 1.29 is 9.53 Å². The summed E-state index contributed by atoms with van der Waals surface area (Å²) in [6.45, 7) is 11.0. The predicted octanol–water partition coefficient (Wildman–Crippen LogP) is 5.11. The number of benzene rings is 2. The molecule has 0 aliphatic heterocycles. The molecule has 5 nitrogen and oxygen atoms in total. The number of aryl methyl sites for hydroxylation is 2. The van der Waals surface area contributed by atoms with Crippen LogP contribution >= 0.6 is 0 Å². The van der Waals surface area contributed by atoms with Crippen LogP contribution < -0.4 is 10.1 Å². The van der Waals surface area contributed by atoms with Gasteiger partial charge in [-0.15, -0.1) is 0 Å². The van der Waals surface area contributed by atoms with Gasteiger partial charge in [0.2, 0.25) is 0 Å². The van der Waals surface area contributed by atoms with Gasteiger partial charge in [-0.05, 0) is 48.7 Å². The molecule has 0 saturated carbocycles. The Kier molecular flexibility index (Phi) is 5.78. The van der Waals surface area contributed by atoms with Gasteiger partial charge in [0.1, 0.15) is 11.4 Å². The van der Waals surface area contributed by atoms with E-state index in [1.165, 1.54) is 16.7 Å². The quantitative estimate of drug-likeness (QED) is 0.658. The van der Waals surface area contributed by atoms with E-state index in [4.69, 9.17) is 9.84 Å². The SMILES string of the molecule is COc1ccccc1NC(=O)c1cc(C(C)(C)C)nn1Cc1c(C)cccc1C. The monoisotopic (exact) mass is 391 g/mol. The van der Waals surface area contributed by atoms with Gasteiger partial charge in [-0.1, -0.05) is 51.1 Å². The Hall–Kier alpha value is -3.08. The molecule has 0 radical (unpaired) electrons. The Morgan fingerprint density at radius 2 is 1.72 bits per heavy atom. The highest BCUT2D eigenvalue weighted by Crippen LogP contribution is 2.26. The number of carbonyl (C=O) groups excluding carboxylic acids is 1. The number of hydrogen-bond donors (Lipinski definition) is 1. The van der Waals surface area contributed by atoms with Gasteiger partial charge in [0.25, 0.3) is 5.91 Å². The summed E-state index contributed by atoms with van der Waals surface area (Å²) in [7, 11) is 1.59. The fourth-order valence-electron chi connectivity index (χ4n) is 3.27. The Balaban J connectivity index is 2.01. The lowest BCUT2D eigenvalue weighted by molar-refractivity contribution is 0.101. The van der Waals surface area contributed by atoms with Crippen LogP contribution in [0.3, 0.4) is 0 Å². The first-order valence-corrected chi connectivity index (χ1v) is 9.78. The van der Waals surface area contributed by atoms with Crippen molar-refractivity contribution in [1.82, 2.24) is 9.78 Å². The van der Waals surface area contributed by atoms with Gasteiger partial charge in [0, 0.05) is 5.41 Å². The molecule has 29 heavy (non-hydrogen) atoms. The minimum absolute atomic E-state index is 0.161. The van der Waals surface area contributed by atoms with Crippen LogP contribution in [0.1, 0.15) is 53.6 Å². The van der Waals surface area contributed by atoms with E-state index in [1.54, 1.807) is 11.8 Å². The maximum atomic E-state index is 13.2. The van der Waals surface area contributed by atoms with Crippen molar-refractivity contribution in [3.8, 4) is 5.75 Å². The van der Waals surface area contributed by atoms with Crippen molar-refractivity contribution in [2.24, 2.45) is 0 Å². The topological polar surface area (TPSA) is 56.1 Å². The highest BCUT2D eigenvalue weighted by molar-refractivity contribution is 6.04.